The fraction of sp³-hybridized carbons (Fsp3) is 0.769. The predicted molar refractivity (Wildman–Crippen MR) is 78.1 cm³/mol. The summed E-state index contributed by atoms with van der Waals surface area (Å²) in [5.41, 5.74) is 0. The number of nitrogens with one attached hydrogen (secondary N) is 1. The molecule has 0 radical (unpaired) electrons. The Kier molecular flexibility index (Phi) is 10.9. The number of carbonyl (C=O) groups excluding carboxylic acids is 1. The molecule has 3 unspecified atom stereocenters. The maximum Gasteiger partial charge on any atom is 0.243 e. The van der Waals surface area contributed by atoms with Gasteiger partial charge in [-0.2, -0.15) is 0 Å². The first-order chi connectivity index (χ1) is 8.99. The van der Waals surface area contributed by atoms with Crippen LogP contribution in [0.1, 0.15) is 20.8 Å². The van der Waals surface area contributed by atoms with Crippen molar-refractivity contribution in [3.63, 3.8) is 0 Å². The molecule has 3 atom stereocenters. The molecule has 0 saturated heterocycles. The smallest absolute Gasteiger partial charge is 0.243 e. The molecule has 0 saturated carbocycles. The molecule has 0 aliphatic carbocycles. The molecule has 112 valence electrons. The first-order valence-corrected chi connectivity index (χ1v) is 7.47. The van der Waals surface area contributed by atoms with Gasteiger partial charge in [-0.25, -0.2) is 0 Å². The maximum absolute atomic E-state index is 11.0. The van der Waals surface area contributed by atoms with Crippen LogP contribution in [0.3, 0.4) is 0 Å². The lowest BCUT2D eigenvalue weighted by Crippen LogP contribution is -2.33. The van der Waals surface area contributed by atoms with Crippen molar-refractivity contribution in [2.24, 2.45) is 0 Å². The molecule has 0 heterocycles. The van der Waals surface area contributed by atoms with E-state index in [9.17, 15) is 4.79 Å². The molecule has 0 spiro atoms. The van der Waals surface area contributed by atoms with Crippen LogP contribution in [0.2, 0.25) is 0 Å². The predicted octanol–water partition coefficient (Wildman–Crippen LogP) is 1.78. The Labute approximate surface area is 120 Å². The number of rotatable bonds is 11. The molecule has 1 amide bonds. The minimum atomic E-state index is -0.192. The highest BCUT2D eigenvalue weighted by atomic mass is 32.2. The van der Waals surface area contributed by atoms with Crippen LogP contribution < -0.4 is 5.32 Å². The summed E-state index contributed by atoms with van der Waals surface area (Å²) in [7, 11) is 0. The van der Waals surface area contributed by atoms with Gasteiger partial charge in [0.15, 0.2) is 0 Å². The van der Waals surface area contributed by atoms with E-state index in [1.807, 2.05) is 27.0 Å². The third-order valence-electron chi connectivity index (χ3n) is 2.24. The van der Waals surface area contributed by atoms with E-state index in [-0.39, 0.29) is 24.2 Å². The van der Waals surface area contributed by atoms with E-state index in [1.54, 1.807) is 0 Å². The molecule has 6 heteroatoms. The molecule has 19 heavy (non-hydrogen) atoms. The second-order valence-electron chi connectivity index (χ2n) is 4.31. The third-order valence-corrected chi connectivity index (χ3v) is 2.76. The molecule has 0 rings (SSSR count). The average molecular weight is 291 g/mol. The normalized spacial score (nSPS) is 15.6. The van der Waals surface area contributed by atoms with E-state index >= 15 is 0 Å². The van der Waals surface area contributed by atoms with Crippen molar-refractivity contribution in [3.05, 3.63) is 12.7 Å². The molecule has 0 aliphatic heterocycles. The fourth-order valence-corrected chi connectivity index (χ4v) is 1.60. The Morgan fingerprint density at radius 1 is 1.21 bits per heavy atom. The first-order valence-electron chi connectivity index (χ1n) is 6.32. The second-order valence-corrected chi connectivity index (χ2v) is 4.84. The lowest BCUT2D eigenvalue weighted by atomic mass is 10.3. The molecule has 0 aromatic rings. The zero-order chi connectivity index (χ0) is 14.7. The van der Waals surface area contributed by atoms with E-state index < -0.39 is 0 Å². The molecule has 1 N–H and O–H groups in total. The topological polar surface area (TPSA) is 56.8 Å². The molecule has 0 fully saturated rings. The third kappa shape index (κ3) is 11.0. The highest BCUT2D eigenvalue weighted by Crippen LogP contribution is 2.04. The van der Waals surface area contributed by atoms with Gasteiger partial charge in [0, 0.05) is 12.8 Å². The summed E-state index contributed by atoms with van der Waals surface area (Å²) in [6.07, 6.45) is 3.11. The van der Waals surface area contributed by atoms with Crippen molar-refractivity contribution in [1.29, 1.82) is 0 Å². The van der Waals surface area contributed by atoms with E-state index in [2.05, 4.69) is 11.9 Å². The number of carbonyl (C=O) groups is 1. The zero-order valence-corrected chi connectivity index (χ0v) is 13.0. The van der Waals surface area contributed by atoms with Crippen LogP contribution in [0.25, 0.3) is 0 Å². The monoisotopic (exact) mass is 291 g/mol. The van der Waals surface area contributed by atoms with Crippen molar-refractivity contribution >= 4 is 17.9 Å². The van der Waals surface area contributed by atoms with Crippen molar-refractivity contribution in [2.45, 2.75) is 39.1 Å². The summed E-state index contributed by atoms with van der Waals surface area (Å²) in [6.45, 7) is 10.7. The number of amides is 1. The lowest BCUT2D eigenvalue weighted by molar-refractivity contribution is -0.117. The first kappa shape index (κ1) is 18.4. The van der Waals surface area contributed by atoms with Gasteiger partial charge < -0.3 is 19.0 Å². The van der Waals surface area contributed by atoms with E-state index in [0.29, 0.717) is 19.8 Å². The fourth-order valence-electron chi connectivity index (χ4n) is 1.22. The van der Waals surface area contributed by atoms with Crippen LogP contribution in [0, 0.1) is 0 Å². The van der Waals surface area contributed by atoms with Crippen molar-refractivity contribution in [1.82, 2.24) is 5.32 Å². The van der Waals surface area contributed by atoms with E-state index in [4.69, 9.17) is 13.7 Å². The molecule has 0 aliphatic rings. The minimum absolute atomic E-state index is 0.00883. The summed E-state index contributed by atoms with van der Waals surface area (Å²) < 4.78 is 16.4. The van der Waals surface area contributed by atoms with Crippen molar-refractivity contribution < 1.29 is 18.5 Å². The molecule has 5 nitrogen and oxygen atoms in total. The van der Waals surface area contributed by atoms with Crippen LogP contribution in [-0.2, 0) is 18.5 Å². The minimum Gasteiger partial charge on any atom is -0.374 e. The molecular weight excluding hydrogens is 266 g/mol. The number of hydrogen-bond acceptors (Lipinski definition) is 5. The molecular formula is C13H25NO4S. The summed E-state index contributed by atoms with van der Waals surface area (Å²) in [4.78, 5) is 11.0. The van der Waals surface area contributed by atoms with Crippen LogP contribution in [-0.4, -0.2) is 50.2 Å². The largest absolute Gasteiger partial charge is 0.374 e. The van der Waals surface area contributed by atoms with Crippen molar-refractivity contribution in [3.8, 4) is 0 Å². The summed E-state index contributed by atoms with van der Waals surface area (Å²) >= 11 is 1.33. The van der Waals surface area contributed by atoms with Crippen LogP contribution in [0.15, 0.2) is 12.7 Å². The number of ether oxygens (including phenoxy) is 2. The SMILES string of the molecule is C=CC(=O)NCC(C)OCC(C)OCC(C)OSC. The van der Waals surface area contributed by atoms with Crippen LogP contribution in [0.5, 0.6) is 0 Å². The van der Waals surface area contributed by atoms with Gasteiger partial charge in [-0.1, -0.05) is 6.58 Å². The summed E-state index contributed by atoms with van der Waals surface area (Å²) in [5.74, 6) is -0.192. The number of hydrogen-bond donors (Lipinski definition) is 1. The standard InChI is InChI=1S/C13H25NO4S/c1-6-13(15)14-7-10(2)16-8-11(3)17-9-12(4)18-19-5/h6,10-12H,1,7-9H2,2-5H3,(H,14,15). The Morgan fingerprint density at radius 3 is 2.37 bits per heavy atom. The van der Waals surface area contributed by atoms with Gasteiger partial charge in [0.1, 0.15) is 0 Å². The second kappa shape index (κ2) is 11.3. The van der Waals surface area contributed by atoms with Gasteiger partial charge in [0.05, 0.1) is 31.5 Å². The molecule has 0 aromatic heterocycles. The van der Waals surface area contributed by atoms with Gasteiger partial charge >= 0.3 is 0 Å². The summed E-state index contributed by atoms with van der Waals surface area (Å²) in [6, 6.07) is 0. The zero-order valence-electron chi connectivity index (χ0n) is 12.2. The molecule has 0 bridgehead atoms. The maximum atomic E-state index is 11.0. The molecule has 0 aromatic carbocycles. The highest BCUT2D eigenvalue weighted by molar-refractivity contribution is 7.93. The van der Waals surface area contributed by atoms with Gasteiger partial charge in [0.2, 0.25) is 5.91 Å². The average Bonchev–Trinajstić information content (AvgIpc) is 2.40. The lowest BCUT2D eigenvalue weighted by Gasteiger charge is -2.19. The van der Waals surface area contributed by atoms with Gasteiger partial charge in [-0.05, 0) is 38.9 Å². The highest BCUT2D eigenvalue weighted by Gasteiger charge is 2.10. The van der Waals surface area contributed by atoms with Crippen LogP contribution in [0.4, 0.5) is 0 Å². The van der Waals surface area contributed by atoms with Gasteiger partial charge in [-0.15, -0.1) is 0 Å². The Morgan fingerprint density at radius 2 is 1.79 bits per heavy atom. The van der Waals surface area contributed by atoms with E-state index in [1.165, 1.54) is 18.1 Å². The Bertz CT molecular complexity index is 263. The quantitative estimate of drug-likeness (QED) is 0.464. The van der Waals surface area contributed by atoms with Crippen LogP contribution >= 0.6 is 12.0 Å². The van der Waals surface area contributed by atoms with Crippen molar-refractivity contribution in [2.75, 3.05) is 26.0 Å². The van der Waals surface area contributed by atoms with E-state index in [0.717, 1.165) is 0 Å². The Hall–Kier alpha value is -0.560. The Balaban J connectivity index is 3.62. The van der Waals surface area contributed by atoms with Gasteiger partial charge in [0.25, 0.3) is 0 Å². The van der Waals surface area contributed by atoms with Gasteiger partial charge in [-0.3, -0.25) is 4.79 Å². The summed E-state index contributed by atoms with van der Waals surface area (Å²) in [5, 5.41) is 2.68.